The summed E-state index contributed by atoms with van der Waals surface area (Å²) in [6, 6.07) is 5.84. The lowest BCUT2D eigenvalue weighted by atomic mass is 9.99. The van der Waals surface area contributed by atoms with Crippen molar-refractivity contribution in [2.45, 2.75) is 25.9 Å². The first-order valence-corrected chi connectivity index (χ1v) is 8.04. The van der Waals surface area contributed by atoms with Crippen LogP contribution in [0.1, 0.15) is 19.8 Å². The third kappa shape index (κ3) is 3.94. The molecule has 0 bridgehead atoms. The summed E-state index contributed by atoms with van der Waals surface area (Å²) in [5.41, 5.74) is 2.01. The minimum Gasteiger partial charge on any atom is -0.390 e. The van der Waals surface area contributed by atoms with Crippen LogP contribution in [0.5, 0.6) is 0 Å². The lowest BCUT2D eigenvalue weighted by Gasteiger charge is -2.34. The molecule has 5 heteroatoms. The van der Waals surface area contributed by atoms with Crippen molar-refractivity contribution in [3.05, 3.63) is 23.2 Å². The van der Waals surface area contributed by atoms with E-state index in [9.17, 15) is 5.11 Å². The smallest absolute Gasteiger partial charge is 0.0847 e. The van der Waals surface area contributed by atoms with E-state index >= 15 is 0 Å². The van der Waals surface area contributed by atoms with Crippen molar-refractivity contribution in [1.82, 2.24) is 0 Å². The number of piperidine rings is 1. The predicted molar refractivity (Wildman–Crippen MR) is 87.3 cm³/mol. The maximum atomic E-state index is 9.59. The van der Waals surface area contributed by atoms with Crippen LogP contribution in [0.25, 0.3) is 0 Å². The molecular weight excluding hydrogens is 295 g/mol. The zero-order chi connectivity index (χ0) is 14.5. The second-order valence-electron chi connectivity index (χ2n) is 5.52. The Balaban J connectivity index is 2.17. The number of aliphatic hydroxyl groups excluding tert-OH is 1. The first-order chi connectivity index (χ1) is 9.61. The van der Waals surface area contributed by atoms with Crippen LogP contribution in [0.4, 0.5) is 11.4 Å². The molecule has 0 saturated carbocycles. The number of hydrogen-bond acceptors (Lipinski definition) is 3. The number of benzene rings is 1. The van der Waals surface area contributed by atoms with Crippen molar-refractivity contribution in [1.29, 1.82) is 0 Å². The highest BCUT2D eigenvalue weighted by Gasteiger charge is 2.21. The number of aliphatic hydroxyl groups is 1. The third-order valence-corrected chi connectivity index (χ3v) is 4.33. The maximum absolute atomic E-state index is 9.59. The van der Waals surface area contributed by atoms with Gasteiger partial charge in [-0.15, -0.1) is 11.6 Å². The quantitative estimate of drug-likeness (QED) is 0.815. The van der Waals surface area contributed by atoms with Crippen molar-refractivity contribution in [3.63, 3.8) is 0 Å². The maximum Gasteiger partial charge on any atom is 0.0847 e. The molecule has 1 aliphatic heterocycles. The Morgan fingerprint density at radius 3 is 3.00 bits per heavy atom. The normalized spacial score (nSPS) is 20.8. The minimum absolute atomic E-state index is 0.226. The molecule has 2 unspecified atom stereocenters. The third-order valence-electron chi connectivity index (χ3n) is 3.67. The fraction of sp³-hybridized carbons (Fsp3) is 0.600. The predicted octanol–water partition coefficient (Wildman–Crippen LogP) is 3.59. The van der Waals surface area contributed by atoms with E-state index in [0.29, 0.717) is 12.5 Å². The number of para-hydroxylation sites is 1. The lowest BCUT2D eigenvalue weighted by molar-refractivity contribution is 0.211. The van der Waals surface area contributed by atoms with E-state index in [0.717, 1.165) is 29.5 Å². The number of nitrogens with one attached hydrogen (secondary N) is 1. The molecule has 1 heterocycles. The Morgan fingerprint density at radius 1 is 1.50 bits per heavy atom. The van der Waals surface area contributed by atoms with Gasteiger partial charge in [0.15, 0.2) is 0 Å². The van der Waals surface area contributed by atoms with Crippen LogP contribution in [-0.4, -0.2) is 36.7 Å². The van der Waals surface area contributed by atoms with Gasteiger partial charge in [0.25, 0.3) is 0 Å². The van der Waals surface area contributed by atoms with Crippen molar-refractivity contribution in [2.24, 2.45) is 5.92 Å². The highest BCUT2D eigenvalue weighted by Crippen LogP contribution is 2.36. The van der Waals surface area contributed by atoms with Gasteiger partial charge in [0.2, 0.25) is 0 Å². The molecule has 0 amide bonds. The summed E-state index contributed by atoms with van der Waals surface area (Å²) in [6.45, 7) is 4.75. The molecule has 1 saturated heterocycles. The van der Waals surface area contributed by atoms with E-state index in [1.165, 1.54) is 12.8 Å². The molecule has 2 N–H and O–H groups in total. The molecule has 0 spiro atoms. The SMILES string of the molecule is CC1CCCN(c2c(Cl)cccc2NCC(O)CCl)C1. The molecule has 0 aliphatic carbocycles. The van der Waals surface area contributed by atoms with Gasteiger partial charge in [-0.2, -0.15) is 0 Å². The average Bonchev–Trinajstić information content (AvgIpc) is 2.44. The molecule has 1 aromatic carbocycles. The minimum atomic E-state index is -0.552. The summed E-state index contributed by atoms with van der Waals surface area (Å²) in [4.78, 5) is 2.34. The van der Waals surface area contributed by atoms with Crippen molar-refractivity contribution < 1.29 is 5.11 Å². The van der Waals surface area contributed by atoms with Gasteiger partial charge in [-0.05, 0) is 30.9 Å². The Morgan fingerprint density at radius 2 is 2.30 bits per heavy atom. The monoisotopic (exact) mass is 316 g/mol. The summed E-state index contributed by atoms with van der Waals surface area (Å²) >= 11 is 12.0. The van der Waals surface area contributed by atoms with Crippen molar-refractivity contribution in [3.8, 4) is 0 Å². The largest absolute Gasteiger partial charge is 0.390 e. The van der Waals surface area contributed by atoms with Crippen LogP contribution in [-0.2, 0) is 0 Å². The van der Waals surface area contributed by atoms with Gasteiger partial charge in [0.1, 0.15) is 0 Å². The van der Waals surface area contributed by atoms with Gasteiger partial charge < -0.3 is 15.3 Å². The Hall–Kier alpha value is -0.640. The van der Waals surface area contributed by atoms with Crippen molar-refractivity contribution >= 4 is 34.6 Å². The topological polar surface area (TPSA) is 35.5 Å². The van der Waals surface area contributed by atoms with Gasteiger partial charge in [-0.3, -0.25) is 0 Å². The molecule has 0 aromatic heterocycles. The molecular formula is C15H22Cl2N2O. The number of rotatable bonds is 5. The summed E-state index contributed by atoms with van der Waals surface area (Å²) < 4.78 is 0. The Kier molecular flexibility index (Phi) is 5.82. The lowest BCUT2D eigenvalue weighted by Crippen LogP contribution is -2.35. The zero-order valence-electron chi connectivity index (χ0n) is 11.8. The highest BCUT2D eigenvalue weighted by atomic mass is 35.5. The standard InChI is InChI=1S/C15H22Cl2N2O/c1-11-4-3-7-19(10-11)15-13(17)5-2-6-14(15)18-9-12(20)8-16/h2,5-6,11-12,18,20H,3-4,7-10H2,1H3. The molecule has 2 atom stereocenters. The number of anilines is 2. The number of halogens is 2. The highest BCUT2D eigenvalue weighted by molar-refractivity contribution is 6.34. The van der Waals surface area contributed by atoms with Crippen LogP contribution in [0.2, 0.25) is 5.02 Å². The van der Waals surface area contributed by atoms with Crippen LogP contribution in [0.15, 0.2) is 18.2 Å². The average molecular weight is 317 g/mol. The number of alkyl halides is 1. The fourth-order valence-corrected chi connectivity index (χ4v) is 3.06. The van der Waals surface area contributed by atoms with E-state index < -0.39 is 6.10 Å². The second-order valence-corrected chi connectivity index (χ2v) is 6.23. The molecule has 2 rings (SSSR count). The molecule has 0 radical (unpaired) electrons. The van der Waals surface area contributed by atoms with E-state index in [2.05, 4.69) is 17.1 Å². The molecule has 112 valence electrons. The van der Waals surface area contributed by atoms with Crippen LogP contribution < -0.4 is 10.2 Å². The molecule has 1 aromatic rings. The van der Waals surface area contributed by atoms with E-state index in [4.69, 9.17) is 23.2 Å². The van der Waals surface area contributed by atoms with Gasteiger partial charge in [0, 0.05) is 19.6 Å². The first kappa shape index (κ1) is 15.7. The van der Waals surface area contributed by atoms with Gasteiger partial charge in [-0.25, -0.2) is 0 Å². The summed E-state index contributed by atoms with van der Waals surface area (Å²) in [5.74, 6) is 0.908. The zero-order valence-corrected chi connectivity index (χ0v) is 13.3. The van der Waals surface area contributed by atoms with Gasteiger partial charge in [0.05, 0.1) is 28.4 Å². The van der Waals surface area contributed by atoms with Crippen LogP contribution in [0, 0.1) is 5.92 Å². The summed E-state index contributed by atoms with van der Waals surface area (Å²) in [6.07, 6.45) is 1.91. The molecule has 1 fully saturated rings. The van der Waals surface area contributed by atoms with Crippen LogP contribution in [0.3, 0.4) is 0 Å². The molecule has 3 nitrogen and oxygen atoms in total. The number of hydrogen-bond donors (Lipinski definition) is 2. The second kappa shape index (κ2) is 7.39. The molecule has 20 heavy (non-hydrogen) atoms. The van der Waals surface area contributed by atoms with Crippen LogP contribution >= 0.6 is 23.2 Å². The van der Waals surface area contributed by atoms with Gasteiger partial charge in [-0.1, -0.05) is 24.6 Å². The first-order valence-electron chi connectivity index (χ1n) is 7.13. The fourth-order valence-electron chi connectivity index (χ4n) is 2.65. The number of nitrogens with zero attached hydrogens (tertiary/aromatic N) is 1. The Labute approximate surface area is 130 Å². The van der Waals surface area contributed by atoms with E-state index in [-0.39, 0.29) is 5.88 Å². The summed E-state index contributed by atoms with van der Waals surface area (Å²) in [7, 11) is 0. The van der Waals surface area contributed by atoms with E-state index in [1.807, 2.05) is 18.2 Å². The van der Waals surface area contributed by atoms with Gasteiger partial charge >= 0.3 is 0 Å². The van der Waals surface area contributed by atoms with E-state index in [1.54, 1.807) is 0 Å². The molecule has 1 aliphatic rings. The van der Waals surface area contributed by atoms with Crippen molar-refractivity contribution in [2.75, 3.05) is 35.7 Å². The Bertz CT molecular complexity index is 442. The summed E-state index contributed by atoms with van der Waals surface area (Å²) in [5, 5.41) is 13.6.